The van der Waals surface area contributed by atoms with E-state index in [1.54, 1.807) is 0 Å². The Labute approximate surface area is 107 Å². The van der Waals surface area contributed by atoms with Crippen molar-refractivity contribution in [3.05, 3.63) is 11.7 Å². The predicted octanol–water partition coefficient (Wildman–Crippen LogP) is 1.65. The van der Waals surface area contributed by atoms with E-state index in [2.05, 4.69) is 15.5 Å². The van der Waals surface area contributed by atoms with Gasteiger partial charge in [-0.3, -0.25) is 0 Å². The fourth-order valence-corrected chi connectivity index (χ4v) is 2.48. The lowest BCUT2D eigenvalue weighted by Gasteiger charge is -2.22. The monoisotopic (exact) mass is 251 g/mol. The first-order chi connectivity index (χ1) is 8.92. The highest BCUT2D eigenvalue weighted by molar-refractivity contribution is 4.99. The number of rotatable bonds is 5. The molecule has 1 aromatic heterocycles. The minimum absolute atomic E-state index is 0.403. The van der Waals surface area contributed by atoms with Gasteiger partial charge in [-0.1, -0.05) is 11.6 Å². The normalized spacial score (nSPS) is 22.0. The van der Waals surface area contributed by atoms with Crippen molar-refractivity contribution in [3.8, 4) is 0 Å². The van der Waals surface area contributed by atoms with Crippen molar-refractivity contribution in [2.75, 3.05) is 19.7 Å². The molecular weight excluding hydrogens is 230 g/mol. The molecule has 0 spiro atoms. The Bertz CT molecular complexity index is 370. The molecule has 5 nitrogen and oxygen atoms in total. The third-order valence-electron chi connectivity index (χ3n) is 3.91. The summed E-state index contributed by atoms with van der Waals surface area (Å²) in [5, 5.41) is 7.38. The van der Waals surface area contributed by atoms with Gasteiger partial charge in [0.2, 0.25) is 5.89 Å². The van der Waals surface area contributed by atoms with Crippen molar-refractivity contribution in [2.24, 2.45) is 0 Å². The van der Waals surface area contributed by atoms with E-state index in [1.807, 2.05) is 0 Å². The summed E-state index contributed by atoms with van der Waals surface area (Å²) in [6, 6.07) is 0. The van der Waals surface area contributed by atoms with Crippen LogP contribution in [0.2, 0.25) is 0 Å². The van der Waals surface area contributed by atoms with Crippen LogP contribution in [0.1, 0.15) is 49.7 Å². The molecule has 2 aliphatic rings. The summed E-state index contributed by atoms with van der Waals surface area (Å²) >= 11 is 0. The third kappa shape index (κ3) is 2.90. The molecule has 2 heterocycles. The van der Waals surface area contributed by atoms with Crippen LogP contribution in [0.15, 0.2) is 4.52 Å². The Balaban J connectivity index is 1.40. The molecule has 0 aromatic carbocycles. The molecule has 1 aliphatic carbocycles. The molecule has 1 saturated heterocycles. The Morgan fingerprint density at radius 2 is 2.06 bits per heavy atom. The van der Waals surface area contributed by atoms with Gasteiger partial charge in [0, 0.05) is 5.92 Å². The molecule has 2 fully saturated rings. The maximum absolute atomic E-state index is 5.83. The Morgan fingerprint density at radius 3 is 2.78 bits per heavy atom. The van der Waals surface area contributed by atoms with Crippen molar-refractivity contribution >= 4 is 0 Å². The SMILES string of the molecule is C1CC(c2noc(CCOC3CCNCC3)n2)C1. The zero-order valence-electron chi connectivity index (χ0n) is 10.7. The molecule has 0 atom stereocenters. The van der Waals surface area contributed by atoms with E-state index in [9.17, 15) is 0 Å². The van der Waals surface area contributed by atoms with E-state index in [1.165, 1.54) is 19.3 Å². The minimum Gasteiger partial charge on any atom is -0.378 e. The average Bonchev–Trinajstić information content (AvgIpc) is 2.77. The highest BCUT2D eigenvalue weighted by Crippen LogP contribution is 2.34. The van der Waals surface area contributed by atoms with Crippen LogP contribution in [-0.2, 0) is 11.2 Å². The molecule has 0 bridgehead atoms. The van der Waals surface area contributed by atoms with Gasteiger partial charge in [-0.2, -0.15) is 4.98 Å². The molecule has 18 heavy (non-hydrogen) atoms. The number of ether oxygens (including phenoxy) is 1. The zero-order chi connectivity index (χ0) is 12.2. The Hall–Kier alpha value is -0.940. The van der Waals surface area contributed by atoms with E-state index in [4.69, 9.17) is 9.26 Å². The first-order valence-corrected chi connectivity index (χ1v) is 7.06. The van der Waals surface area contributed by atoms with Crippen LogP contribution in [-0.4, -0.2) is 35.9 Å². The van der Waals surface area contributed by atoms with Crippen molar-refractivity contribution in [1.82, 2.24) is 15.5 Å². The van der Waals surface area contributed by atoms with Crippen LogP contribution in [0, 0.1) is 0 Å². The van der Waals surface area contributed by atoms with E-state index in [0.29, 0.717) is 18.6 Å². The first kappa shape index (κ1) is 12.1. The van der Waals surface area contributed by atoms with Crippen LogP contribution >= 0.6 is 0 Å². The number of aromatic nitrogens is 2. The number of hydrogen-bond acceptors (Lipinski definition) is 5. The van der Waals surface area contributed by atoms with E-state index < -0.39 is 0 Å². The lowest BCUT2D eigenvalue weighted by molar-refractivity contribution is 0.0322. The lowest BCUT2D eigenvalue weighted by Crippen LogP contribution is -2.32. The molecular formula is C13H21N3O2. The predicted molar refractivity (Wildman–Crippen MR) is 66.4 cm³/mol. The van der Waals surface area contributed by atoms with E-state index in [0.717, 1.165) is 44.1 Å². The number of piperidine rings is 1. The summed E-state index contributed by atoms with van der Waals surface area (Å²) in [5.41, 5.74) is 0. The van der Waals surface area contributed by atoms with Gasteiger partial charge in [0.25, 0.3) is 0 Å². The number of nitrogens with one attached hydrogen (secondary N) is 1. The topological polar surface area (TPSA) is 60.2 Å². The molecule has 0 radical (unpaired) electrons. The first-order valence-electron chi connectivity index (χ1n) is 7.06. The highest BCUT2D eigenvalue weighted by atomic mass is 16.5. The Kier molecular flexibility index (Phi) is 3.90. The largest absolute Gasteiger partial charge is 0.378 e. The second-order valence-electron chi connectivity index (χ2n) is 5.24. The second-order valence-corrected chi connectivity index (χ2v) is 5.24. The van der Waals surface area contributed by atoms with Gasteiger partial charge in [-0.15, -0.1) is 0 Å². The van der Waals surface area contributed by atoms with Crippen LogP contribution in [0.5, 0.6) is 0 Å². The summed E-state index contributed by atoms with van der Waals surface area (Å²) < 4.78 is 11.1. The second kappa shape index (κ2) is 5.80. The van der Waals surface area contributed by atoms with E-state index >= 15 is 0 Å². The van der Waals surface area contributed by atoms with Crippen LogP contribution in [0.4, 0.5) is 0 Å². The van der Waals surface area contributed by atoms with Gasteiger partial charge in [-0.05, 0) is 38.8 Å². The van der Waals surface area contributed by atoms with Crippen molar-refractivity contribution in [2.45, 2.75) is 50.5 Å². The summed E-state index contributed by atoms with van der Waals surface area (Å²) in [6.07, 6.45) is 7.08. The highest BCUT2D eigenvalue weighted by Gasteiger charge is 2.24. The summed E-state index contributed by atoms with van der Waals surface area (Å²) in [6.45, 7) is 2.82. The molecule has 1 aliphatic heterocycles. The maximum atomic E-state index is 5.83. The molecule has 1 aromatic rings. The fourth-order valence-electron chi connectivity index (χ4n) is 2.48. The van der Waals surface area contributed by atoms with Crippen LogP contribution in [0.3, 0.4) is 0 Å². The quantitative estimate of drug-likeness (QED) is 0.862. The number of hydrogen-bond donors (Lipinski definition) is 1. The van der Waals surface area contributed by atoms with Crippen LogP contribution in [0.25, 0.3) is 0 Å². The molecule has 1 N–H and O–H groups in total. The standard InChI is InChI=1S/C13H21N3O2/c1-2-10(3-1)13-15-12(18-16-13)6-9-17-11-4-7-14-8-5-11/h10-11,14H,1-9H2. The lowest BCUT2D eigenvalue weighted by atomic mass is 9.85. The summed E-state index contributed by atoms with van der Waals surface area (Å²) in [5.74, 6) is 2.18. The maximum Gasteiger partial charge on any atom is 0.228 e. The smallest absolute Gasteiger partial charge is 0.228 e. The number of nitrogens with zero attached hydrogens (tertiary/aromatic N) is 2. The van der Waals surface area contributed by atoms with Crippen molar-refractivity contribution in [3.63, 3.8) is 0 Å². The zero-order valence-corrected chi connectivity index (χ0v) is 10.7. The Morgan fingerprint density at radius 1 is 1.22 bits per heavy atom. The van der Waals surface area contributed by atoms with E-state index in [-0.39, 0.29) is 0 Å². The molecule has 5 heteroatoms. The molecule has 0 unspecified atom stereocenters. The average molecular weight is 251 g/mol. The van der Waals surface area contributed by atoms with Crippen molar-refractivity contribution < 1.29 is 9.26 Å². The van der Waals surface area contributed by atoms with Gasteiger partial charge in [-0.25, -0.2) is 0 Å². The van der Waals surface area contributed by atoms with Gasteiger partial charge in [0.15, 0.2) is 5.82 Å². The van der Waals surface area contributed by atoms with Crippen LogP contribution < -0.4 is 5.32 Å². The van der Waals surface area contributed by atoms with Crippen molar-refractivity contribution in [1.29, 1.82) is 0 Å². The van der Waals surface area contributed by atoms with Gasteiger partial charge >= 0.3 is 0 Å². The molecule has 100 valence electrons. The fraction of sp³-hybridized carbons (Fsp3) is 0.846. The minimum atomic E-state index is 0.403. The van der Waals surface area contributed by atoms with Gasteiger partial charge in [0.05, 0.1) is 19.1 Å². The molecule has 3 rings (SSSR count). The summed E-state index contributed by atoms with van der Waals surface area (Å²) in [4.78, 5) is 4.44. The summed E-state index contributed by atoms with van der Waals surface area (Å²) in [7, 11) is 0. The van der Waals surface area contributed by atoms with Gasteiger partial charge < -0.3 is 14.6 Å². The third-order valence-corrected chi connectivity index (χ3v) is 3.91. The molecule has 1 saturated carbocycles. The molecule has 0 amide bonds. The van der Waals surface area contributed by atoms with Gasteiger partial charge in [0.1, 0.15) is 0 Å².